The Hall–Kier alpha value is -1.60. The van der Waals surface area contributed by atoms with Gasteiger partial charge in [-0.3, -0.25) is 0 Å². The van der Waals surface area contributed by atoms with Gasteiger partial charge in [0.1, 0.15) is 0 Å². The monoisotopic (exact) mass is 279 g/mol. The number of likely N-dealkylation sites (tertiary alicyclic amines) is 1. The lowest BCUT2D eigenvalue weighted by Crippen LogP contribution is -2.43. The van der Waals surface area contributed by atoms with Crippen LogP contribution in [0.2, 0.25) is 0 Å². The van der Waals surface area contributed by atoms with Gasteiger partial charge in [-0.15, -0.1) is 0 Å². The fourth-order valence-corrected chi connectivity index (χ4v) is 3.73. The summed E-state index contributed by atoms with van der Waals surface area (Å²) in [5.74, 6) is 0. The van der Waals surface area contributed by atoms with Gasteiger partial charge in [0.2, 0.25) is 0 Å². The maximum absolute atomic E-state index is 2.62. The zero-order valence-electron chi connectivity index (χ0n) is 13.0. The summed E-state index contributed by atoms with van der Waals surface area (Å²) in [6, 6.07) is 22.2. The Morgan fingerprint density at radius 3 is 1.71 bits per heavy atom. The molecule has 0 atom stereocenters. The first-order chi connectivity index (χ1) is 10.3. The first kappa shape index (κ1) is 14.3. The Bertz CT molecular complexity index is 497. The predicted molar refractivity (Wildman–Crippen MR) is 89.6 cm³/mol. The third-order valence-corrected chi connectivity index (χ3v) is 4.90. The van der Waals surface area contributed by atoms with Crippen molar-refractivity contribution in [3.8, 4) is 0 Å². The van der Waals surface area contributed by atoms with E-state index in [0.717, 1.165) is 0 Å². The molecule has 21 heavy (non-hydrogen) atoms. The number of hydrogen-bond acceptors (Lipinski definition) is 1. The summed E-state index contributed by atoms with van der Waals surface area (Å²) in [5.41, 5.74) is 3.16. The van der Waals surface area contributed by atoms with E-state index in [-0.39, 0.29) is 5.41 Å². The molecule has 0 N–H and O–H groups in total. The van der Waals surface area contributed by atoms with Gasteiger partial charge in [0.15, 0.2) is 0 Å². The maximum Gasteiger partial charge on any atom is 0.0227 e. The van der Waals surface area contributed by atoms with Crippen molar-refractivity contribution in [1.29, 1.82) is 0 Å². The molecule has 0 radical (unpaired) electrons. The molecule has 110 valence electrons. The Labute approximate surface area is 128 Å². The van der Waals surface area contributed by atoms with Crippen molar-refractivity contribution in [2.45, 2.75) is 31.6 Å². The van der Waals surface area contributed by atoms with Gasteiger partial charge in [0.25, 0.3) is 0 Å². The minimum Gasteiger partial charge on any atom is -0.303 e. The molecule has 1 saturated heterocycles. The molecule has 1 aliphatic heterocycles. The van der Waals surface area contributed by atoms with Crippen molar-refractivity contribution in [3.05, 3.63) is 71.8 Å². The molecule has 1 aliphatic rings. The minimum absolute atomic E-state index is 0.201. The summed E-state index contributed by atoms with van der Waals surface area (Å²) in [5, 5.41) is 0. The van der Waals surface area contributed by atoms with E-state index in [1.54, 1.807) is 0 Å². The van der Waals surface area contributed by atoms with Gasteiger partial charge in [-0.1, -0.05) is 67.6 Å². The van der Waals surface area contributed by atoms with Crippen LogP contribution in [-0.4, -0.2) is 24.5 Å². The standard InChI is InChI=1S/C20H25N/c1-2-15-21-16-13-20(14-17-21,18-9-5-3-6-10-18)19-11-7-4-8-12-19/h3-12H,2,13-17H2,1H3. The SMILES string of the molecule is CCCN1CCC(c2ccccc2)(c2ccccc2)CC1. The van der Waals surface area contributed by atoms with Crippen LogP contribution in [0.1, 0.15) is 37.3 Å². The van der Waals surface area contributed by atoms with Crippen LogP contribution in [-0.2, 0) is 5.41 Å². The van der Waals surface area contributed by atoms with Crippen LogP contribution in [0, 0.1) is 0 Å². The van der Waals surface area contributed by atoms with Crippen LogP contribution in [0.4, 0.5) is 0 Å². The minimum atomic E-state index is 0.201. The van der Waals surface area contributed by atoms with Crippen LogP contribution >= 0.6 is 0 Å². The van der Waals surface area contributed by atoms with E-state index in [4.69, 9.17) is 0 Å². The second-order valence-electron chi connectivity index (χ2n) is 6.16. The highest BCUT2D eigenvalue weighted by atomic mass is 15.1. The molecular formula is C20H25N. The molecular weight excluding hydrogens is 254 g/mol. The molecule has 1 heteroatoms. The molecule has 1 fully saturated rings. The molecule has 0 saturated carbocycles. The predicted octanol–water partition coefficient (Wildman–Crippen LogP) is 4.48. The Kier molecular flexibility index (Phi) is 4.40. The quantitative estimate of drug-likeness (QED) is 0.797. The molecule has 0 unspecified atom stereocenters. The molecule has 0 spiro atoms. The van der Waals surface area contributed by atoms with Gasteiger partial charge in [-0.25, -0.2) is 0 Å². The Morgan fingerprint density at radius 1 is 0.810 bits per heavy atom. The highest BCUT2D eigenvalue weighted by Gasteiger charge is 2.37. The molecule has 1 heterocycles. The van der Waals surface area contributed by atoms with Crippen molar-refractivity contribution in [2.75, 3.05) is 19.6 Å². The maximum atomic E-state index is 2.62. The number of rotatable bonds is 4. The van der Waals surface area contributed by atoms with E-state index < -0.39 is 0 Å². The molecule has 2 aromatic rings. The number of piperidine rings is 1. The average Bonchev–Trinajstić information content (AvgIpc) is 2.58. The number of hydrogen-bond donors (Lipinski definition) is 0. The zero-order chi connectivity index (χ0) is 14.5. The smallest absolute Gasteiger partial charge is 0.0227 e. The lowest BCUT2D eigenvalue weighted by molar-refractivity contribution is 0.179. The molecule has 1 nitrogen and oxygen atoms in total. The summed E-state index contributed by atoms with van der Waals surface area (Å²) < 4.78 is 0. The molecule has 2 aromatic carbocycles. The molecule has 3 rings (SSSR count). The fraction of sp³-hybridized carbons (Fsp3) is 0.400. The average molecular weight is 279 g/mol. The first-order valence-corrected chi connectivity index (χ1v) is 8.18. The zero-order valence-corrected chi connectivity index (χ0v) is 13.0. The summed E-state index contributed by atoms with van der Waals surface area (Å²) in [6.45, 7) is 5.92. The first-order valence-electron chi connectivity index (χ1n) is 8.18. The van der Waals surface area contributed by atoms with Gasteiger partial charge in [0, 0.05) is 5.41 Å². The van der Waals surface area contributed by atoms with Crippen LogP contribution in [0.15, 0.2) is 60.7 Å². The third-order valence-electron chi connectivity index (χ3n) is 4.90. The highest BCUT2D eigenvalue weighted by Crippen LogP contribution is 2.41. The van der Waals surface area contributed by atoms with Gasteiger partial charge < -0.3 is 4.90 Å². The summed E-state index contributed by atoms with van der Waals surface area (Å²) in [4.78, 5) is 2.62. The van der Waals surface area contributed by atoms with Crippen molar-refractivity contribution in [1.82, 2.24) is 4.90 Å². The van der Waals surface area contributed by atoms with Crippen molar-refractivity contribution in [2.24, 2.45) is 0 Å². The molecule has 0 aliphatic carbocycles. The lowest BCUT2D eigenvalue weighted by Gasteiger charge is -2.43. The van der Waals surface area contributed by atoms with Gasteiger partial charge >= 0.3 is 0 Å². The van der Waals surface area contributed by atoms with E-state index in [1.165, 1.54) is 50.0 Å². The summed E-state index contributed by atoms with van der Waals surface area (Å²) in [6.07, 6.45) is 3.70. The number of benzene rings is 2. The number of nitrogens with zero attached hydrogens (tertiary/aromatic N) is 1. The van der Waals surface area contributed by atoms with Crippen LogP contribution in [0.5, 0.6) is 0 Å². The summed E-state index contributed by atoms with van der Waals surface area (Å²) in [7, 11) is 0. The van der Waals surface area contributed by atoms with Crippen LogP contribution in [0.3, 0.4) is 0 Å². The van der Waals surface area contributed by atoms with Crippen molar-refractivity contribution < 1.29 is 0 Å². The highest BCUT2D eigenvalue weighted by molar-refractivity contribution is 5.40. The van der Waals surface area contributed by atoms with Crippen LogP contribution < -0.4 is 0 Å². The van der Waals surface area contributed by atoms with Gasteiger partial charge in [-0.2, -0.15) is 0 Å². The Balaban J connectivity index is 1.94. The van der Waals surface area contributed by atoms with E-state index in [9.17, 15) is 0 Å². The van der Waals surface area contributed by atoms with E-state index in [2.05, 4.69) is 72.5 Å². The molecule has 0 bridgehead atoms. The lowest BCUT2D eigenvalue weighted by atomic mass is 9.68. The van der Waals surface area contributed by atoms with Crippen molar-refractivity contribution >= 4 is 0 Å². The largest absolute Gasteiger partial charge is 0.303 e. The topological polar surface area (TPSA) is 3.24 Å². The van der Waals surface area contributed by atoms with Gasteiger partial charge in [-0.05, 0) is 50.0 Å². The van der Waals surface area contributed by atoms with E-state index in [0.29, 0.717) is 0 Å². The normalized spacial score (nSPS) is 18.5. The second kappa shape index (κ2) is 6.44. The van der Waals surface area contributed by atoms with Gasteiger partial charge in [0.05, 0.1) is 0 Å². The van der Waals surface area contributed by atoms with Crippen LogP contribution in [0.25, 0.3) is 0 Å². The van der Waals surface area contributed by atoms with E-state index in [1.807, 2.05) is 0 Å². The van der Waals surface area contributed by atoms with Crippen molar-refractivity contribution in [3.63, 3.8) is 0 Å². The molecule has 0 aromatic heterocycles. The van der Waals surface area contributed by atoms with E-state index >= 15 is 0 Å². The Morgan fingerprint density at radius 2 is 1.29 bits per heavy atom. The fourth-order valence-electron chi connectivity index (χ4n) is 3.73. The molecule has 0 amide bonds. The second-order valence-corrected chi connectivity index (χ2v) is 6.16. The summed E-state index contributed by atoms with van der Waals surface area (Å²) >= 11 is 0. The third kappa shape index (κ3) is 2.89.